The molecular formula is C15H19FO2. The molecule has 98 valence electrons. The monoisotopic (exact) mass is 250 g/mol. The zero-order valence-corrected chi connectivity index (χ0v) is 10.7. The molecule has 3 heteroatoms. The van der Waals surface area contributed by atoms with Gasteiger partial charge in [-0.2, -0.15) is 0 Å². The lowest BCUT2D eigenvalue weighted by molar-refractivity contribution is -0.142. The lowest BCUT2D eigenvalue weighted by Crippen LogP contribution is -2.21. The molecule has 2 unspecified atom stereocenters. The molecule has 0 spiro atoms. The van der Waals surface area contributed by atoms with E-state index in [0.717, 1.165) is 43.2 Å². The van der Waals surface area contributed by atoms with Gasteiger partial charge >= 0.3 is 5.97 Å². The summed E-state index contributed by atoms with van der Waals surface area (Å²) in [6, 6.07) is 4.70. The molecule has 0 aromatic heterocycles. The van der Waals surface area contributed by atoms with E-state index in [9.17, 15) is 14.3 Å². The Hall–Kier alpha value is -1.38. The molecule has 1 fully saturated rings. The predicted octanol–water partition coefficient (Wildman–Crippen LogP) is 3.88. The van der Waals surface area contributed by atoms with E-state index in [2.05, 4.69) is 0 Å². The van der Waals surface area contributed by atoms with Crippen molar-refractivity contribution in [2.24, 2.45) is 5.92 Å². The zero-order chi connectivity index (χ0) is 13.1. The molecule has 18 heavy (non-hydrogen) atoms. The van der Waals surface area contributed by atoms with Crippen LogP contribution in [-0.2, 0) is 4.79 Å². The smallest absolute Gasteiger partial charge is 0.307 e. The van der Waals surface area contributed by atoms with E-state index in [1.54, 1.807) is 6.07 Å². The van der Waals surface area contributed by atoms with E-state index < -0.39 is 5.97 Å². The molecule has 1 aliphatic carbocycles. The van der Waals surface area contributed by atoms with Crippen molar-refractivity contribution in [2.45, 2.75) is 44.9 Å². The van der Waals surface area contributed by atoms with Gasteiger partial charge in [0.2, 0.25) is 0 Å². The van der Waals surface area contributed by atoms with Crippen LogP contribution in [0.25, 0.3) is 0 Å². The number of benzene rings is 1. The summed E-state index contributed by atoms with van der Waals surface area (Å²) in [5.41, 5.74) is 1.87. The molecule has 0 heterocycles. The van der Waals surface area contributed by atoms with Gasteiger partial charge in [-0.1, -0.05) is 25.3 Å². The molecule has 0 saturated heterocycles. The first kappa shape index (κ1) is 13.1. The zero-order valence-electron chi connectivity index (χ0n) is 10.7. The van der Waals surface area contributed by atoms with Crippen molar-refractivity contribution in [1.29, 1.82) is 0 Å². The van der Waals surface area contributed by atoms with Crippen LogP contribution in [0.3, 0.4) is 0 Å². The maximum Gasteiger partial charge on any atom is 0.307 e. The summed E-state index contributed by atoms with van der Waals surface area (Å²) in [6.07, 6.45) is 4.76. The van der Waals surface area contributed by atoms with Crippen molar-refractivity contribution >= 4 is 5.97 Å². The van der Waals surface area contributed by atoms with Gasteiger partial charge in [0.05, 0.1) is 5.92 Å². The van der Waals surface area contributed by atoms with E-state index in [1.807, 2.05) is 6.92 Å². The van der Waals surface area contributed by atoms with Crippen LogP contribution < -0.4 is 0 Å². The van der Waals surface area contributed by atoms with Crippen molar-refractivity contribution < 1.29 is 14.3 Å². The van der Waals surface area contributed by atoms with Crippen LogP contribution in [-0.4, -0.2) is 11.1 Å². The lowest BCUT2D eigenvalue weighted by Gasteiger charge is -2.23. The van der Waals surface area contributed by atoms with Crippen molar-refractivity contribution in [1.82, 2.24) is 0 Å². The molecule has 0 amide bonds. The average molecular weight is 250 g/mol. The molecule has 1 saturated carbocycles. The van der Waals surface area contributed by atoms with Gasteiger partial charge in [-0.3, -0.25) is 4.79 Å². The van der Waals surface area contributed by atoms with E-state index >= 15 is 0 Å². The average Bonchev–Trinajstić information content (AvgIpc) is 2.54. The highest BCUT2D eigenvalue weighted by molar-refractivity contribution is 5.71. The minimum absolute atomic E-state index is 0.0330. The van der Waals surface area contributed by atoms with E-state index in [-0.39, 0.29) is 17.7 Å². The fourth-order valence-corrected chi connectivity index (χ4v) is 3.03. The first-order valence-electron chi connectivity index (χ1n) is 6.58. The van der Waals surface area contributed by atoms with Crippen LogP contribution in [0.5, 0.6) is 0 Å². The minimum atomic E-state index is -0.717. The maximum atomic E-state index is 13.1. The molecule has 0 radical (unpaired) electrons. The Labute approximate surface area is 107 Å². The number of carboxylic acids is 1. The van der Waals surface area contributed by atoms with Gasteiger partial charge in [0.15, 0.2) is 0 Å². The van der Waals surface area contributed by atoms with Gasteiger partial charge in [0, 0.05) is 0 Å². The van der Waals surface area contributed by atoms with Crippen LogP contribution in [0.15, 0.2) is 18.2 Å². The van der Waals surface area contributed by atoms with Crippen molar-refractivity contribution in [3.63, 3.8) is 0 Å². The molecule has 1 aliphatic rings. The van der Waals surface area contributed by atoms with Crippen LogP contribution in [0.2, 0.25) is 0 Å². The Morgan fingerprint density at radius 1 is 1.28 bits per heavy atom. The van der Waals surface area contributed by atoms with Crippen LogP contribution >= 0.6 is 0 Å². The van der Waals surface area contributed by atoms with Crippen molar-refractivity contribution in [3.05, 3.63) is 35.1 Å². The van der Waals surface area contributed by atoms with Gasteiger partial charge in [-0.05, 0) is 48.9 Å². The molecule has 0 aliphatic heterocycles. The molecule has 2 rings (SSSR count). The Balaban J connectivity index is 2.34. The first-order chi connectivity index (χ1) is 8.59. The third kappa shape index (κ3) is 2.71. The second-order valence-corrected chi connectivity index (χ2v) is 5.19. The maximum absolute atomic E-state index is 13.1. The highest BCUT2D eigenvalue weighted by Crippen LogP contribution is 2.38. The topological polar surface area (TPSA) is 37.3 Å². The third-order valence-corrected chi connectivity index (χ3v) is 3.96. The van der Waals surface area contributed by atoms with Crippen LogP contribution in [0.4, 0.5) is 4.39 Å². The van der Waals surface area contributed by atoms with E-state index in [0.29, 0.717) is 0 Å². The van der Waals surface area contributed by atoms with Gasteiger partial charge in [-0.25, -0.2) is 4.39 Å². The standard InChI is InChI=1S/C15H19FO2/c1-10-9-11(16)7-8-12(10)13-5-3-2-4-6-14(13)15(17)18/h7-9,13-14H,2-6H2,1H3,(H,17,18). The number of aryl methyl sites for hydroxylation is 1. The molecule has 1 aromatic rings. The number of aliphatic carboxylic acids is 1. The fraction of sp³-hybridized carbons (Fsp3) is 0.533. The highest BCUT2D eigenvalue weighted by Gasteiger charge is 2.31. The second-order valence-electron chi connectivity index (χ2n) is 5.19. The third-order valence-electron chi connectivity index (χ3n) is 3.96. The minimum Gasteiger partial charge on any atom is -0.481 e. The first-order valence-corrected chi connectivity index (χ1v) is 6.58. The molecule has 1 N–H and O–H groups in total. The fourth-order valence-electron chi connectivity index (χ4n) is 3.03. The summed E-state index contributed by atoms with van der Waals surface area (Å²) >= 11 is 0. The highest BCUT2D eigenvalue weighted by atomic mass is 19.1. The number of hydrogen-bond acceptors (Lipinski definition) is 1. The van der Waals surface area contributed by atoms with Crippen molar-refractivity contribution in [2.75, 3.05) is 0 Å². The van der Waals surface area contributed by atoms with Gasteiger partial charge < -0.3 is 5.11 Å². The van der Waals surface area contributed by atoms with Gasteiger partial charge in [-0.15, -0.1) is 0 Å². The van der Waals surface area contributed by atoms with Crippen LogP contribution in [0, 0.1) is 18.7 Å². The summed E-state index contributed by atoms with van der Waals surface area (Å²) < 4.78 is 13.1. The van der Waals surface area contributed by atoms with Crippen LogP contribution in [0.1, 0.15) is 49.1 Å². The number of halogens is 1. The summed E-state index contributed by atoms with van der Waals surface area (Å²) in [5.74, 6) is -1.26. The number of hydrogen-bond donors (Lipinski definition) is 1. The Bertz CT molecular complexity index is 442. The predicted molar refractivity (Wildman–Crippen MR) is 68.1 cm³/mol. The summed E-state index contributed by atoms with van der Waals surface area (Å²) in [7, 11) is 0. The molecule has 0 bridgehead atoms. The number of carboxylic acid groups (broad SMARTS) is 1. The van der Waals surface area contributed by atoms with Gasteiger partial charge in [0.1, 0.15) is 5.82 Å². The SMILES string of the molecule is Cc1cc(F)ccc1C1CCCCCC1C(=O)O. The largest absolute Gasteiger partial charge is 0.481 e. The molecule has 1 aromatic carbocycles. The van der Waals surface area contributed by atoms with E-state index in [4.69, 9.17) is 0 Å². The summed E-state index contributed by atoms with van der Waals surface area (Å²) in [6.45, 7) is 1.86. The summed E-state index contributed by atoms with van der Waals surface area (Å²) in [5, 5.41) is 9.37. The Morgan fingerprint density at radius 2 is 2.00 bits per heavy atom. The van der Waals surface area contributed by atoms with Crippen molar-refractivity contribution in [3.8, 4) is 0 Å². The van der Waals surface area contributed by atoms with E-state index in [1.165, 1.54) is 12.1 Å². The molecule has 2 atom stereocenters. The number of carbonyl (C=O) groups is 1. The number of rotatable bonds is 2. The Morgan fingerprint density at radius 3 is 2.67 bits per heavy atom. The lowest BCUT2D eigenvalue weighted by atomic mass is 9.81. The second kappa shape index (κ2) is 5.51. The van der Waals surface area contributed by atoms with Gasteiger partial charge in [0.25, 0.3) is 0 Å². The molecule has 2 nitrogen and oxygen atoms in total. The summed E-state index contributed by atoms with van der Waals surface area (Å²) in [4.78, 5) is 11.4. The molecular weight excluding hydrogens is 231 g/mol. The normalized spacial score (nSPS) is 24.6. The quantitative estimate of drug-likeness (QED) is 0.809. The Kier molecular flexibility index (Phi) is 4.00.